The summed E-state index contributed by atoms with van der Waals surface area (Å²) in [6.07, 6.45) is 2.63. The Kier molecular flexibility index (Phi) is 2.89. The maximum Gasteiger partial charge on any atom is 0.106 e. The second-order valence-corrected chi connectivity index (χ2v) is 5.47. The smallest absolute Gasteiger partial charge is 0.106 e. The van der Waals surface area contributed by atoms with E-state index in [1.807, 2.05) is 12.1 Å². The van der Waals surface area contributed by atoms with Crippen LogP contribution in [-0.4, -0.2) is 11.5 Å². The Morgan fingerprint density at radius 3 is 2.75 bits per heavy atom. The zero-order chi connectivity index (χ0) is 11.8. The largest absolute Gasteiger partial charge is 0.389 e. The van der Waals surface area contributed by atoms with Crippen LogP contribution in [0.4, 0.5) is 5.69 Å². The van der Waals surface area contributed by atoms with Gasteiger partial charge >= 0.3 is 0 Å². The molecular weight excluding hydrogens is 216 g/mol. The molecule has 0 amide bonds. The lowest BCUT2D eigenvalue weighted by Crippen LogP contribution is -2.18. The third-order valence-corrected chi connectivity index (χ3v) is 3.55. The van der Waals surface area contributed by atoms with Gasteiger partial charge in [0.15, 0.2) is 0 Å². The highest BCUT2D eigenvalue weighted by Crippen LogP contribution is 2.45. The summed E-state index contributed by atoms with van der Waals surface area (Å²) in [5, 5.41) is 3.50. The highest BCUT2D eigenvalue weighted by atomic mass is 32.1. The molecule has 0 saturated heterocycles. The summed E-state index contributed by atoms with van der Waals surface area (Å²) in [5.74, 6) is 0. The summed E-state index contributed by atoms with van der Waals surface area (Å²) in [6.45, 7) is 5.39. The molecule has 2 nitrogen and oxygen atoms in total. The summed E-state index contributed by atoms with van der Waals surface area (Å²) in [5.41, 5.74) is 9.47. The minimum Gasteiger partial charge on any atom is -0.389 e. The van der Waals surface area contributed by atoms with Gasteiger partial charge in [-0.05, 0) is 36.8 Å². The number of thiocarbonyl (C=S) groups is 1. The lowest BCUT2D eigenvalue weighted by molar-refractivity contribution is 0.610. The van der Waals surface area contributed by atoms with Crippen LogP contribution in [0.2, 0.25) is 0 Å². The number of hydrogen-bond donors (Lipinski definition) is 2. The Bertz CT molecular complexity index is 422. The van der Waals surface area contributed by atoms with E-state index in [0.29, 0.717) is 10.4 Å². The van der Waals surface area contributed by atoms with Crippen molar-refractivity contribution >= 4 is 22.9 Å². The number of hydrogen-bond acceptors (Lipinski definition) is 2. The van der Waals surface area contributed by atoms with Crippen LogP contribution in [0.1, 0.15) is 30.9 Å². The van der Waals surface area contributed by atoms with E-state index < -0.39 is 0 Å². The number of nitrogens with two attached hydrogens (primary N) is 1. The van der Waals surface area contributed by atoms with E-state index in [1.165, 1.54) is 18.4 Å². The monoisotopic (exact) mass is 234 g/mol. The minimum atomic E-state index is 0.465. The number of rotatable bonds is 4. The van der Waals surface area contributed by atoms with E-state index in [2.05, 4.69) is 25.2 Å². The van der Waals surface area contributed by atoms with Crippen LogP contribution in [0.25, 0.3) is 0 Å². The van der Waals surface area contributed by atoms with E-state index in [4.69, 9.17) is 18.0 Å². The molecular formula is C13H18N2S. The fraction of sp³-hybridized carbons (Fsp3) is 0.462. The Morgan fingerprint density at radius 1 is 1.50 bits per heavy atom. The van der Waals surface area contributed by atoms with Gasteiger partial charge in [0.2, 0.25) is 0 Å². The van der Waals surface area contributed by atoms with Crippen molar-refractivity contribution in [1.29, 1.82) is 0 Å². The lowest BCUT2D eigenvalue weighted by atomic mass is 10.1. The van der Waals surface area contributed by atoms with Crippen molar-refractivity contribution in [2.45, 2.75) is 26.7 Å². The van der Waals surface area contributed by atoms with Crippen molar-refractivity contribution in [1.82, 2.24) is 0 Å². The molecule has 0 bridgehead atoms. The molecule has 16 heavy (non-hydrogen) atoms. The topological polar surface area (TPSA) is 38.0 Å². The van der Waals surface area contributed by atoms with Crippen molar-refractivity contribution in [3.8, 4) is 0 Å². The summed E-state index contributed by atoms with van der Waals surface area (Å²) in [6, 6.07) is 6.06. The molecule has 0 heterocycles. The average molecular weight is 234 g/mol. The normalized spacial score (nSPS) is 16.9. The van der Waals surface area contributed by atoms with Crippen molar-refractivity contribution in [2.24, 2.45) is 11.1 Å². The number of benzene rings is 1. The third-order valence-electron chi connectivity index (χ3n) is 3.33. The first-order chi connectivity index (χ1) is 7.52. The molecule has 0 unspecified atom stereocenters. The molecule has 86 valence electrons. The van der Waals surface area contributed by atoms with Crippen LogP contribution >= 0.6 is 12.2 Å². The van der Waals surface area contributed by atoms with Gasteiger partial charge in [0.25, 0.3) is 0 Å². The Morgan fingerprint density at radius 2 is 2.19 bits per heavy atom. The molecule has 3 heteroatoms. The van der Waals surface area contributed by atoms with Gasteiger partial charge in [-0.1, -0.05) is 31.3 Å². The molecule has 0 radical (unpaired) electrons. The summed E-state index contributed by atoms with van der Waals surface area (Å²) in [4.78, 5) is 0.465. The second-order valence-electron chi connectivity index (χ2n) is 5.03. The maximum atomic E-state index is 5.73. The highest BCUT2D eigenvalue weighted by Gasteiger charge is 2.36. The molecule has 0 spiro atoms. The van der Waals surface area contributed by atoms with Crippen molar-refractivity contribution in [3.05, 3.63) is 29.3 Å². The van der Waals surface area contributed by atoms with E-state index in [9.17, 15) is 0 Å². The first kappa shape index (κ1) is 11.4. The average Bonchev–Trinajstić information content (AvgIpc) is 2.95. The first-order valence-corrected chi connectivity index (χ1v) is 6.06. The minimum absolute atomic E-state index is 0.465. The third kappa shape index (κ3) is 2.35. The first-order valence-electron chi connectivity index (χ1n) is 5.65. The van der Waals surface area contributed by atoms with Crippen molar-refractivity contribution in [3.63, 3.8) is 0 Å². The van der Waals surface area contributed by atoms with Gasteiger partial charge in [0.1, 0.15) is 4.99 Å². The summed E-state index contributed by atoms with van der Waals surface area (Å²) >= 11 is 5.07. The predicted octanol–water partition coefficient (Wildman–Crippen LogP) is 2.84. The molecule has 0 aliphatic heterocycles. The SMILES string of the molecule is Cc1cccc(C(N)=S)c1NCC1(C)CC1. The van der Waals surface area contributed by atoms with Gasteiger partial charge in [-0.25, -0.2) is 0 Å². The molecule has 3 N–H and O–H groups in total. The second kappa shape index (κ2) is 4.06. The fourth-order valence-corrected chi connectivity index (χ4v) is 1.97. The standard InChI is InChI=1S/C13H18N2S/c1-9-4-3-5-10(12(14)16)11(9)15-8-13(2)6-7-13/h3-5,15H,6-8H2,1-2H3,(H2,14,16). The molecule has 1 aromatic rings. The zero-order valence-corrected chi connectivity index (χ0v) is 10.7. The quantitative estimate of drug-likeness (QED) is 0.787. The van der Waals surface area contributed by atoms with E-state index in [-0.39, 0.29) is 0 Å². The molecule has 1 saturated carbocycles. The van der Waals surface area contributed by atoms with Crippen LogP contribution in [0.5, 0.6) is 0 Å². The number of para-hydroxylation sites is 1. The molecule has 0 aromatic heterocycles. The molecule has 1 aliphatic carbocycles. The summed E-state index contributed by atoms with van der Waals surface area (Å²) < 4.78 is 0. The molecule has 0 atom stereocenters. The van der Waals surface area contributed by atoms with E-state index in [0.717, 1.165) is 17.8 Å². The molecule has 1 fully saturated rings. The van der Waals surface area contributed by atoms with Crippen LogP contribution in [0.15, 0.2) is 18.2 Å². The number of aryl methyl sites for hydroxylation is 1. The molecule has 1 aliphatic rings. The van der Waals surface area contributed by atoms with Gasteiger partial charge in [-0.3, -0.25) is 0 Å². The Hall–Kier alpha value is -1.09. The zero-order valence-electron chi connectivity index (χ0n) is 9.84. The van der Waals surface area contributed by atoms with Crippen LogP contribution < -0.4 is 11.1 Å². The maximum absolute atomic E-state index is 5.73. The number of nitrogens with one attached hydrogen (secondary N) is 1. The van der Waals surface area contributed by atoms with Gasteiger partial charge in [0.05, 0.1) is 0 Å². The summed E-state index contributed by atoms with van der Waals surface area (Å²) in [7, 11) is 0. The molecule has 2 rings (SSSR count). The fourth-order valence-electron chi connectivity index (χ4n) is 1.80. The van der Waals surface area contributed by atoms with Crippen LogP contribution in [0, 0.1) is 12.3 Å². The van der Waals surface area contributed by atoms with E-state index >= 15 is 0 Å². The van der Waals surface area contributed by atoms with Crippen molar-refractivity contribution in [2.75, 3.05) is 11.9 Å². The van der Waals surface area contributed by atoms with Gasteiger partial charge < -0.3 is 11.1 Å². The van der Waals surface area contributed by atoms with Gasteiger partial charge in [-0.15, -0.1) is 0 Å². The lowest BCUT2D eigenvalue weighted by Gasteiger charge is -2.16. The van der Waals surface area contributed by atoms with Crippen molar-refractivity contribution < 1.29 is 0 Å². The number of anilines is 1. The Labute approximate surface area is 102 Å². The van der Waals surface area contributed by atoms with Crippen LogP contribution in [0.3, 0.4) is 0 Å². The highest BCUT2D eigenvalue weighted by molar-refractivity contribution is 7.80. The van der Waals surface area contributed by atoms with Gasteiger partial charge in [0, 0.05) is 17.8 Å². The predicted molar refractivity (Wildman–Crippen MR) is 72.9 cm³/mol. The molecule has 1 aromatic carbocycles. The van der Waals surface area contributed by atoms with Gasteiger partial charge in [-0.2, -0.15) is 0 Å². The van der Waals surface area contributed by atoms with E-state index in [1.54, 1.807) is 0 Å². The Balaban J connectivity index is 2.20. The van der Waals surface area contributed by atoms with Crippen LogP contribution in [-0.2, 0) is 0 Å².